The van der Waals surface area contributed by atoms with Gasteiger partial charge in [0.1, 0.15) is 6.61 Å². The van der Waals surface area contributed by atoms with E-state index in [0.29, 0.717) is 6.54 Å². The largest absolute Gasteiger partial charge is 0.411 e. The summed E-state index contributed by atoms with van der Waals surface area (Å²) in [5.41, 5.74) is 0. The molecule has 0 aromatic rings. The number of ether oxygens (including phenoxy) is 2. The van der Waals surface area contributed by atoms with E-state index >= 15 is 0 Å². The van der Waals surface area contributed by atoms with Crippen molar-refractivity contribution < 1.29 is 22.6 Å². The number of unbranched alkanes of at least 4 members (excludes halogenated alkanes) is 1. The monoisotopic (exact) mass is 243 g/mol. The van der Waals surface area contributed by atoms with Gasteiger partial charge in [-0.3, -0.25) is 0 Å². The first kappa shape index (κ1) is 15.7. The fourth-order valence-electron chi connectivity index (χ4n) is 1.06. The van der Waals surface area contributed by atoms with Crippen molar-refractivity contribution in [2.45, 2.75) is 25.9 Å². The molecule has 0 bridgehead atoms. The Hall–Kier alpha value is -0.330. The van der Waals surface area contributed by atoms with Crippen molar-refractivity contribution in [3.8, 4) is 0 Å². The van der Waals surface area contributed by atoms with Crippen molar-refractivity contribution in [1.82, 2.24) is 5.32 Å². The van der Waals surface area contributed by atoms with E-state index in [0.717, 1.165) is 32.6 Å². The molecule has 0 atom stereocenters. The smallest absolute Gasteiger partial charge is 0.382 e. The fourth-order valence-corrected chi connectivity index (χ4v) is 1.06. The molecule has 0 aromatic carbocycles. The van der Waals surface area contributed by atoms with Gasteiger partial charge in [0.25, 0.3) is 0 Å². The van der Waals surface area contributed by atoms with E-state index in [2.05, 4.69) is 10.1 Å². The maximum atomic E-state index is 11.6. The van der Waals surface area contributed by atoms with Crippen LogP contribution in [0.25, 0.3) is 0 Å². The van der Waals surface area contributed by atoms with Crippen LogP contribution in [0.15, 0.2) is 0 Å². The average molecular weight is 243 g/mol. The van der Waals surface area contributed by atoms with E-state index in [4.69, 9.17) is 4.74 Å². The first-order chi connectivity index (χ1) is 7.56. The Morgan fingerprint density at radius 3 is 2.38 bits per heavy atom. The minimum absolute atomic E-state index is 0.0883. The molecule has 0 aliphatic rings. The number of alkyl halides is 3. The molecular weight excluding hydrogens is 223 g/mol. The summed E-state index contributed by atoms with van der Waals surface area (Å²) in [6.45, 7) is 3.55. The maximum absolute atomic E-state index is 11.6. The molecule has 0 amide bonds. The van der Waals surface area contributed by atoms with Gasteiger partial charge in [-0.25, -0.2) is 0 Å². The van der Waals surface area contributed by atoms with Crippen molar-refractivity contribution in [1.29, 1.82) is 0 Å². The zero-order valence-corrected chi connectivity index (χ0v) is 9.61. The Kier molecular flexibility index (Phi) is 9.66. The summed E-state index contributed by atoms with van der Waals surface area (Å²) in [7, 11) is 0. The lowest BCUT2D eigenvalue weighted by Crippen LogP contribution is -2.24. The average Bonchev–Trinajstić information content (AvgIpc) is 2.19. The zero-order chi connectivity index (χ0) is 12.3. The molecule has 0 aliphatic heterocycles. The zero-order valence-electron chi connectivity index (χ0n) is 9.61. The highest BCUT2D eigenvalue weighted by atomic mass is 19.4. The number of hydrogen-bond donors (Lipinski definition) is 1. The molecule has 0 radical (unpaired) electrons. The number of nitrogens with one attached hydrogen (secondary N) is 1. The molecule has 16 heavy (non-hydrogen) atoms. The molecule has 0 aliphatic carbocycles. The Bertz CT molecular complexity index is 153. The van der Waals surface area contributed by atoms with Gasteiger partial charge in [0.05, 0.1) is 6.61 Å². The number of halogens is 3. The van der Waals surface area contributed by atoms with E-state index in [-0.39, 0.29) is 6.61 Å². The third-order valence-corrected chi connectivity index (χ3v) is 1.79. The quantitative estimate of drug-likeness (QED) is 0.595. The lowest BCUT2D eigenvalue weighted by atomic mass is 10.3. The van der Waals surface area contributed by atoms with Crippen LogP contribution in [0.2, 0.25) is 0 Å². The highest BCUT2D eigenvalue weighted by molar-refractivity contribution is 4.49. The van der Waals surface area contributed by atoms with Crippen LogP contribution in [0, 0.1) is 0 Å². The van der Waals surface area contributed by atoms with E-state index in [1.54, 1.807) is 0 Å². The Balaban J connectivity index is 2.99. The summed E-state index contributed by atoms with van der Waals surface area (Å²) in [6, 6.07) is 0. The van der Waals surface area contributed by atoms with Crippen LogP contribution in [0.5, 0.6) is 0 Å². The van der Waals surface area contributed by atoms with Crippen LogP contribution in [0.3, 0.4) is 0 Å². The van der Waals surface area contributed by atoms with E-state index in [9.17, 15) is 13.2 Å². The van der Waals surface area contributed by atoms with Crippen molar-refractivity contribution >= 4 is 0 Å². The van der Waals surface area contributed by atoms with Gasteiger partial charge in [-0.2, -0.15) is 13.2 Å². The molecule has 0 aromatic heterocycles. The van der Waals surface area contributed by atoms with Gasteiger partial charge >= 0.3 is 6.18 Å². The van der Waals surface area contributed by atoms with Gasteiger partial charge < -0.3 is 14.8 Å². The summed E-state index contributed by atoms with van der Waals surface area (Å²) >= 11 is 0. The van der Waals surface area contributed by atoms with Gasteiger partial charge in [-0.05, 0) is 26.3 Å². The lowest BCUT2D eigenvalue weighted by molar-refractivity contribution is -0.173. The first-order valence-electron chi connectivity index (χ1n) is 5.49. The topological polar surface area (TPSA) is 30.5 Å². The second kappa shape index (κ2) is 9.86. The highest BCUT2D eigenvalue weighted by Crippen LogP contribution is 2.13. The summed E-state index contributed by atoms with van der Waals surface area (Å²) in [5.74, 6) is 0. The molecule has 3 nitrogen and oxygen atoms in total. The standard InChI is InChI=1S/C10H20F3NO2/c1-2-15-7-4-3-5-14-6-8-16-9-10(11,12)13/h14H,2-9H2,1H3. The maximum Gasteiger partial charge on any atom is 0.411 e. The summed E-state index contributed by atoms with van der Waals surface area (Å²) in [6.07, 6.45) is -2.30. The van der Waals surface area contributed by atoms with Gasteiger partial charge in [-0.15, -0.1) is 0 Å². The molecular formula is C10H20F3NO2. The first-order valence-corrected chi connectivity index (χ1v) is 5.49. The lowest BCUT2D eigenvalue weighted by Gasteiger charge is -2.08. The highest BCUT2D eigenvalue weighted by Gasteiger charge is 2.27. The van der Waals surface area contributed by atoms with Crippen LogP contribution in [0.4, 0.5) is 13.2 Å². The molecule has 0 rings (SSSR count). The van der Waals surface area contributed by atoms with E-state index < -0.39 is 12.8 Å². The Morgan fingerprint density at radius 1 is 1.00 bits per heavy atom. The van der Waals surface area contributed by atoms with Gasteiger partial charge in [-0.1, -0.05) is 0 Å². The molecule has 0 saturated carbocycles. The molecule has 0 fully saturated rings. The molecule has 0 saturated heterocycles. The number of hydrogen-bond acceptors (Lipinski definition) is 3. The minimum atomic E-state index is -4.22. The normalized spacial score (nSPS) is 12.0. The van der Waals surface area contributed by atoms with Crippen LogP contribution >= 0.6 is 0 Å². The fraction of sp³-hybridized carbons (Fsp3) is 1.00. The van der Waals surface area contributed by atoms with Gasteiger partial charge in [0.2, 0.25) is 0 Å². The Morgan fingerprint density at radius 2 is 1.75 bits per heavy atom. The predicted octanol–water partition coefficient (Wildman–Crippen LogP) is 1.97. The molecule has 1 N–H and O–H groups in total. The van der Waals surface area contributed by atoms with Crippen molar-refractivity contribution in [2.75, 3.05) is 39.5 Å². The summed E-state index contributed by atoms with van der Waals surface area (Å²) in [5, 5.41) is 3.00. The van der Waals surface area contributed by atoms with Crippen molar-refractivity contribution in [2.24, 2.45) is 0 Å². The molecule has 0 unspecified atom stereocenters. The SMILES string of the molecule is CCOCCCCNCCOCC(F)(F)F. The predicted molar refractivity (Wildman–Crippen MR) is 55.5 cm³/mol. The van der Waals surface area contributed by atoms with Crippen LogP contribution in [0.1, 0.15) is 19.8 Å². The van der Waals surface area contributed by atoms with E-state index in [1.165, 1.54) is 0 Å². The molecule has 0 heterocycles. The van der Waals surface area contributed by atoms with Crippen LogP contribution < -0.4 is 5.32 Å². The summed E-state index contributed by atoms with van der Waals surface area (Å²) < 4.78 is 44.5. The van der Waals surface area contributed by atoms with Crippen LogP contribution in [-0.4, -0.2) is 45.7 Å². The Labute approximate surface area is 94.3 Å². The third-order valence-electron chi connectivity index (χ3n) is 1.79. The van der Waals surface area contributed by atoms with Gasteiger partial charge in [0, 0.05) is 19.8 Å². The molecule has 98 valence electrons. The van der Waals surface area contributed by atoms with E-state index in [1.807, 2.05) is 6.92 Å². The van der Waals surface area contributed by atoms with Crippen molar-refractivity contribution in [3.63, 3.8) is 0 Å². The van der Waals surface area contributed by atoms with Crippen molar-refractivity contribution in [3.05, 3.63) is 0 Å². The second-order valence-corrected chi connectivity index (χ2v) is 3.32. The number of rotatable bonds is 10. The van der Waals surface area contributed by atoms with Gasteiger partial charge in [0.15, 0.2) is 0 Å². The minimum Gasteiger partial charge on any atom is -0.382 e. The summed E-state index contributed by atoms with van der Waals surface area (Å²) in [4.78, 5) is 0. The molecule has 0 spiro atoms. The molecule has 6 heteroatoms. The third kappa shape index (κ3) is 13.7. The second-order valence-electron chi connectivity index (χ2n) is 3.32. The van der Waals surface area contributed by atoms with Crippen LogP contribution in [-0.2, 0) is 9.47 Å².